The van der Waals surface area contributed by atoms with Crippen molar-refractivity contribution in [1.29, 1.82) is 0 Å². The predicted molar refractivity (Wildman–Crippen MR) is 96.8 cm³/mol. The molecule has 0 aromatic rings. The summed E-state index contributed by atoms with van der Waals surface area (Å²) in [5, 5.41) is 0. The predicted octanol–water partition coefficient (Wildman–Crippen LogP) is 4.78. The second kappa shape index (κ2) is 6.09. The minimum Gasteiger partial charge on any atom is -0.465 e. The Kier molecular flexibility index (Phi) is 4.28. The van der Waals surface area contributed by atoms with Gasteiger partial charge in [0.1, 0.15) is 11.9 Å². The number of rotatable bonds is 3. The van der Waals surface area contributed by atoms with Crippen molar-refractivity contribution in [2.24, 2.45) is 40.4 Å². The molecule has 3 heteroatoms. The molecule has 0 amide bonds. The highest BCUT2D eigenvalue weighted by molar-refractivity contribution is 5.79. The van der Waals surface area contributed by atoms with E-state index in [4.69, 9.17) is 4.74 Å². The van der Waals surface area contributed by atoms with Crippen LogP contribution < -0.4 is 0 Å². The Bertz CT molecular complexity index is 557. The average Bonchev–Trinajstić information content (AvgIpc) is 2.93. The Morgan fingerprint density at radius 3 is 2.40 bits per heavy atom. The minimum atomic E-state index is 0.148. The molecule has 0 N–H and O–H groups in total. The highest BCUT2D eigenvalue weighted by Gasteiger charge is 2.60. The summed E-state index contributed by atoms with van der Waals surface area (Å²) in [5.41, 5.74) is 0.676. The molecule has 8 atom stereocenters. The Morgan fingerprint density at radius 2 is 1.68 bits per heavy atom. The molecule has 0 aliphatic heterocycles. The molecular formula is C22H34O3. The lowest BCUT2D eigenvalue weighted by Crippen LogP contribution is -2.54. The van der Waals surface area contributed by atoms with Crippen LogP contribution >= 0.6 is 0 Å². The monoisotopic (exact) mass is 346 g/mol. The van der Waals surface area contributed by atoms with Crippen LogP contribution in [-0.4, -0.2) is 18.4 Å². The van der Waals surface area contributed by atoms with Crippen LogP contribution in [0.3, 0.4) is 0 Å². The first kappa shape index (κ1) is 17.5. The molecule has 4 aliphatic rings. The van der Waals surface area contributed by atoms with E-state index in [1.54, 1.807) is 0 Å². The van der Waals surface area contributed by atoms with E-state index in [1.807, 2.05) is 6.92 Å². The van der Waals surface area contributed by atoms with Gasteiger partial charge >= 0.3 is 0 Å². The third-order valence-corrected chi connectivity index (χ3v) is 9.36. The molecule has 0 saturated heterocycles. The van der Waals surface area contributed by atoms with Crippen molar-refractivity contribution in [3.63, 3.8) is 0 Å². The van der Waals surface area contributed by atoms with E-state index in [1.165, 1.54) is 38.5 Å². The van der Waals surface area contributed by atoms with Gasteiger partial charge in [0.25, 0.3) is 6.47 Å². The van der Waals surface area contributed by atoms with Gasteiger partial charge in [-0.15, -0.1) is 0 Å². The second-order valence-corrected chi connectivity index (χ2v) is 10.1. The lowest BCUT2D eigenvalue weighted by molar-refractivity contribution is -0.152. The fourth-order valence-corrected chi connectivity index (χ4v) is 8.09. The summed E-state index contributed by atoms with van der Waals surface area (Å²) in [6.45, 7) is 7.42. The summed E-state index contributed by atoms with van der Waals surface area (Å²) < 4.78 is 5.32. The quantitative estimate of drug-likeness (QED) is 0.691. The highest BCUT2D eigenvalue weighted by Crippen LogP contribution is 2.67. The lowest BCUT2D eigenvalue weighted by atomic mass is 9.44. The van der Waals surface area contributed by atoms with Gasteiger partial charge in [-0.1, -0.05) is 13.8 Å². The zero-order valence-corrected chi connectivity index (χ0v) is 16.1. The maximum Gasteiger partial charge on any atom is 0.293 e. The van der Waals surface area contributed by atoms with Crippen molar-refractivity contribution in [2.45, 2.75) is 84.7 Å². The topological polar surface area (TPSA) is 43.4 Å². The van der Waals surface area contributed by atoms with Crippen LogP contribution in [0.4, 0.5) is 0 Å². The van der Waals surface area contributed by atoms with Crippen molar-refractivity contribution in [2.75, 3.05) is 0 Å². The van der Waals surface area contributed by atoms with Gasteiger partial charge in [0.05, 0.1) is 0 Å². The molecule has 2 unspecified atom stereocenters. The molecule has 4 aliphatic carbocycles. The van der Waals surface area contributed by atoms with Crippen molar-refractivity contribution < 1.29 is 14.3 Å². The summed E-state index contributed by atoms with van der Waals surface area (Å²) in [6, 6.07) is 0. The normalized spacial score (nSPS) is 51.8. The lowest BCUT2D eigenvalue weighted by Gasteiger charge is -2.61. The number of hydrogen-bond donors (Lipinski definition) is 0. The van der Waals surface area contributed by atoms with Crippen LogP contribution in [0.1, 0.15) is 78.6 Å². The average molecular weight is 347 g/mol. The first-order valence-corrected chi connectivity index (χ1v) is 10.5. The van der Waals surface area contributed by atoms with Gasteiger partial charge in [-0.25, -0.2) is 0 Å². The van der Waals surface area contributed by atoms with E-state index in [0.29, 0.717) is 29.5 Å². The molecule has 0 radical (unpaired) electrons. The van der Waals surface area contributed by atoms with Crippen LogP contribution in [0.15, 0.2) is 0 Å². The van der Waals surface area contributed by atoms with Crippen LogP contribution in [0.2, 0.25) is 0 Å². The van der Waals surface area contributed by atoms with Crippen LogP contribution in [0.25, 0.3) is 0 Å². The second-order valence-electron chi connectivity index (χ2n) is 10.1. The number of hydrogen-bond acceptors (Lipinski definition) is 3. The Labute approximate surface area is 152 Å². The van der Waals surface area contributed by atoms with Gasteiger partial charge in [-0.3, -0.25) is 9.59 Å². The maximum atomic E-state index is 12.2. The van der Waals surface area contributed by atoms with E-state index >= 15 is 0 Å². The Morgan fingerprint density at radius 1 is 0.960 bits per heavy atom. The number of ketones is 1. The number of carbonyl (C=O) groups excluding carboxylic acids is 2. The molecule has 0 aromatic heterocycles. The molecule has 4 saturated carbocycles. The van der Waals surface area contributed by atoms with Gasteiger partial charge in [0.15, 0.2) is 0 Å². The first-order valence-electron chi connectivity index (χ1n) is 10.5. The highest BCUT2D eigenvalue weighted by atomic mass is 16.5. The summed E-state index contributed by atoms with van der Waals surface area (Å²) >= 11 is 0. The van der Waals surface area contributed by atoms with Gasteiger partial charge < -0.3 is 4.74 Å². The molecule has 25 heavy (non-hydrogen) atoms. The van der Waals surface area contributed by atoms with Crippen molar-refractivity contribution >= 4 is 12.3 Å². The molecular weight excluding hydrogens is 312 g/mol. The van der Waals surface area contributed by atoms with Crippen molar-refractivity contribution in [3.05, 3.63) is 0 Å². The van der Waals surface area contributed by atoms with Crippen LogP contribution in [0.5, 0.6) is 0 Å². The van der Waals surface area contributed by atoms with Gasteiger partial charge in [0.2, 0.25) is 0 Å². The molecule has 140 valence electrons. The fraction of sp³-hybridized carbons (Fsp3) is 0.909. The van der Waals surface area contributed by atoms with Crippen LogP contribution in [-0.2, 0) is 14.3 Å². The summed E-state index contributed by atoms with van der Waals surface area (Å²) in [6.07, 6.45) is 11.0. The SMILES string of the molecule is CC(=O)[C@H]1CC[C@H]2[C@@H]3CCC4CC(OC=O)CC[C@]4(C)[C@H]3CC[C@]12C. The molecule has 0 aromatic carbocycles. The zero-order chi connectivity index (χ0) is 17.8. The number of carbonyl (C=O) groups is 2. The number of ether oxygens (including phenoxy) is 1. The van der Waals surface area contributed by atoms with E-state index in [-0.39, 0.29) is 11.5 Å². The molecule has 4 rings (SSSR count). The van der Waals surface area contributed by atoms with Crippen molar-refractivity contribution in [1.82, 2.24) is 0 Å². The fourth-order valence-electron chi connectivity index (χ4n) is 8.09. The Hall–Kier alpha value is -0.860. The van der Waals surface area contributed by atoms with Crippen LogP contribution in [0, 0.1) is 40.4 Å². The molecule has 4 fully saturated rings. The van der Waals surface area contributed by atoms with Gasteiger partial charge in [-0.2, -0.15) is 0 Å². The van der Waals surface area contributed by atoms with E-state index in [0.717, 1.165) is 37.0 Å². The zero-order valence-electron chi connectivity index (χ0n) is 16.1. The summed E-state index contributed by atoms with van der Waals surface area (Å²) in [7, 11) is 0. The molecule has 0 bridgehead atoms. The molecule has 3 nitrogen and oxygen atoms in total. The smallest absolute Gasteiger partial charge is 0.293 e. The van der Waals surface area contributed by atoms with E-state index < -0.39 is 0 Å². The first-order chi connectivity index (χ1) is 11.9. The summed E-state index contributed by atoms with van der Waals surface area (Å²) in [4.78, 5) is 22.9. The molecule has 0 heterocycles. The third-order valence-electron chi connectivity index (χ3n) is 9.36. The largest absolute Gasteiger partial charge is 0.465 e. The minimum absolute atomic E-state index is 0.148. The summed E-state index contributed by atoms with van der Waals surface area (Å²) in [5.74, 6) is 3.82. The van der Waals surface area contributed by atoms with Crippen molar-refractivity contribution in [3.8, 4) is 0 Å². The standard InChI is InChI=1S/C22H34O3/c1-14(24)18-6-7-19-17-5-4-15-12-16(25-13-23)8-10-21(15,2)20(17)9-11-22(18,19)3/h13,15-20H,4-12H2,1-3H3/t15?,16?,17-,18+,19-,20-,21-,22+/m0/s1. The Balaban J connectivity index is 1.56. The van der Waals surface area contributed by atoms with Gasteiger partial charge in [0, 0.05) is 5.92 Å². The van der Waals surface area contributed by atoms with Gasteiger partial charge in [-0.05, 0) is 99.2 Å². The van der Waals surface area contributed by atoms with E-state index in [2.05, 4.69) is 13.8 Å². The number of fused-ring (bicyclic) bond motifs is 5. The van der Waals surface area contributed by atoms with E-state index in [9.17, 15) is 9.59 Å². The maximum absolute atomic E-state index is 12.2. The number of Topliss-reactive ketones (excluding diaryl/α,β-unsaturated/α-hetero) is 1. The molecule has 0 spiro atoms. The third kappa shape index (κ3) is 2.51.